The molecule has 0 spiro atoms. The van der Waals surface area contributed by atoms with Crippen LogP contribution in [-0.2, 0) is 15.9 Å². The molecule has 1 aromatic carbocycles. The predicted molar refractivity (Wildman–Crippen MR) is 115 cm³/mol. The van der Waals surface area contributed by atoms with E-state index in [9.17, 15) is 9.59 Å². The maximum atomic E-state index is 12.8. The molecule has 1 fully saturated rings. The molecule has 1 saturated heterocycles. The van der Waals surface area contributed by atoms with Crippen LogP contribution in [0.3, 0.4) is 0 Å². The minimum Gasteiger partial charge on any atom is -0.444 e. The molecule has 0 bridgehead atoms. The zero-order chi connectivity index (χ0) is 22.8. The third-order valence-electron chi connectivity index (χ3n) is 4.80. The predicted octanol–water partition coefficient (Wildman–Crippen LogP) is 3.89. The van der Waals surface area contributed by atoms with E-state index in [-0.39, 0.29) is 12.1 Å². The van der Waals surface area contributed by atoms with E-state index in [0.29, 0.717) is 30.2 Å². The van der Waals surface area contributed by atoms with Gasteiger partial charge in [-0.15, -0.1) is 0 Å². The Balaban J connectivity index is 1.66. The van der Waals surface area contributed by atoms with Crippen molar-refractivity contribution in [2.24, 2.45) is 5.73 Å². The summed E-state index contributed by atoms with van der Waals surface area (Å²) in [5, 5.41) is 0. The Hall–Kier alpha value is -3.13. The zero-order valence-corrected chi connectivity index (χ0v) is 18.5. The van der Waals surface area contributed by atoms with Gasteiger partial charge in [-0.05, 0) is 64.8 Å². The molecule has 1 aliphatic heterocycles. The number of benzene rings is 1. The lowest BCUT2D eigenvalue weighted by atomic mass is 10.0. The van der Waals surface area contributed by atoms with Crippen molar-refractivity contribution in [3.8, 4) is 11.6 Å². The SMILES string of the molecule is CC(C)(C)OC(=O)N1C(Cc2ccc(Oc3ccc(C(N)=O)cn3)cc2)COC1(C)C. The second-order valence-corrected chi connectivity index (χ2v) is 8.96. The summed E-state index contributed by atoms with van der Waals surface area (Å²) in [7, 11) is 0. The molecular weight excluding hydrogens is 398 g/mol. The fraction of sp³-hybridized carbons (Fsp3) is 0.435. The molecule has 2 aromatic rings. The molecule has 2 amide bonds. The van der Waals surface area contributed by atoms with Crippen molar-refractivity contribution in [1.29, 1.82) is 0 Å². The number of carbonyl (C=O) groups is 2. The summed E-state index contributed by atoms with van der Waals surface area (Å²) in [5.41, 5.74) is 5.25. The molecule has 1 atom stereocenters. The Morgan fingerprint density at radius 2 is 1.87 bits per heavy atom. The molecule has 166 valence electrons. The van der Waals surface area contributed by atoms with Crippen LogP contribution in [0, 0.1) is 0 Å². The van der Waals surface area contributed by atoms with E-state index in [1.807, 2.05) is 58.9 Å². The molecule has 31 heavy (non-hydrogen) atoms. The number of ether oxygens (including phenoxy) is 3. The lowest BCUT2D eigenvalue weighted by molar-refractivity contribution is -0.0624. The lowest BCUT2D eigenvalue weighted by Gasteiger charge is -2.35. The normalized spacial score (nSPS) is 18.0. The fourth-order valence-corrected chi connectivity index (χ4v) is 3.39. The molecule has 1 unspecified atom stereocenters. The van der Waals surface area contributed by atoms with Crippen LogP contribution in [-0.4, -0.2) is 45.9 Å². The summed E-state index contributed by atoms with van der Waals surface area (Å²) in [5.74, 6) is 0.428. The van der Waals surface area contributed by atoms with Crippen LogP contribution in [0.15, 0.2) is 42.6 Å². The minimum atomic E-state index is -0.737. The van der Waals surface area contributed by atoms with Gasteiger partial charge in [0.15, 0.2) is 0 Å². The van der Waals surface area contributed by atoms with E-state index >= 15 is 0 Å². The van der Waals surface area contributed by atoms with Crippen LogP contribution in [0.1, 0.15) is 50.5 Å². The molecule has 0 saturated carbocycles. The summed E-state index contributed by atoms with van der Waals surface area (Å²) in [4.78, 5) is 29.6. The van der Waals surface area contributed by atoms with Crippen LogP contribution in [0.5, 0.6) is 11.6 Å². The highest BCUT2D eigenvalue weighted by Gasteiger charge is 2.45. The van der Waals surface area contributed by atoms with Crippen molar-refractivity contribution < 1.29 is 23.8 Å². The standard InChI is InChI=1S/C23H29N3O5/c1-22(2,3)31-21(28)26-17(14-29-23(26,4)5)12-15-6-9-18(10-7-15)30-19-11-8-16(13-25-19)20(24)27/h6-11,13,17H,12,14H2,1-5H3,(H2,24,27). The van der Waals surface area contributed by atoms with Gasteiger partial charge < -0.3 is 19.9 Å². The Kier molecular flexibility index (Phi) is 6.22. The van der Waals surface area contributed by atoms with Gasteiger partial charge in [-0.1, -0.05) is 12.1 Å². The number of nitrogens with two attached hydrogens (primary N) is 1. The van der Waals surface area contributed by atoms with Gasteiger partial charge >= 0.3 is 6.09 Å². The molecule has 8 heteroatoms. The number of hydrogen-bond donors (Lipinski definition) is 1. The third-order valence-corrected chi connectivity index (χ3v) is 4.80. The van der Waals surface area contributed by atoms with E-state index in [4.69, 9.17) is 19.9 Å². The number of primary amides is 1. The monoisotopic (exact) mass is 427 g/mol. The molecule has 8 nitrogen and oxygen atoms in total. The van der Waals surface area contributed by atoms with Gasteiger partial charge in [0.1, 0.15) is 17.1 Å². The first-order chi connectivity index (χ1) is 14.4. The highest BCUT2D eigenvalue weighted by atomic mass is 16.6. The molecule has 1 aromatic heterocycles. The number of nitrogens with zero attached hydrogens (tertiary/aromatic N) is 2. The largest absolute Gasteiger partial charge is 0.444 e. The van der Waals surface area contributed by atoms with Crippen LogP contribution in [0.4, 0.5) is 4.79 Å². The first-order valence-electron chi connectivity index (χ1n) is 10.1. The fourth-order valence-electron chi connectivity index (χ4n) is 3.39. The Bertz CT molecular complexity index is 933. The van der Waals surface area contributed by atoms with Gasteiger partial charge in [0, 0.05) is 12.3 Å². The molecule has 2 N–H and O–H groups in total. The molecular formula is C23H29N3O5. The van der Waals surface area contributed by atoms with E-state index in [1.54, 1.807) is 17.0 Å². The van der Waals surface area contributed by atoms with Crippen LogP contribution >= 0.6 is 0 Å². The summed E-state index contributed by atoms with van der Waals surface area (Å²) in [6, 6.07) is 10.5. The number of aromatic nitrogens is 1. The quantitative estimate of drug-likeness (QED) is 0.776. The number of hydrogen-bond acceptors (Lipinski definition) is 6. The van der Waals surface area contributed by atoms with Crippen molar-refractivity contribution in [3.63, 3.8) is 0 Å². The van der Waals surface area contributed by atoms with Crippen molar-refractivity contribution in [1.82, 2.24) is 9.88 Å². The van der Waals surface area contributed by atoms with E-state index in [1.165, 1.54) is 6.20 Å². The van der Waals surface area contributed by atoms with Crippen LogP contribution in [0.2, 0.25) is 0 Å². The van der Waals surface area contributed by atoms with E-state index < -0.39 is 17.2 Å². The highest BCUT2D eigenvalue weighted by Crippen LogP contribution is 2.31. The summed E-state index contributed by atoms with van der Waals surface area (Å²) >= 11 is 0. The zero-order valence-electron chi connectivity index (χ0n) is 18.5. The Morgan fingerprint density at radius 3 is 2.42 bits per heavy atom. The highest BCUT2D eigenvalue weighted by molar-refractivity contribution is 5.92. The summed E-state index contributed by atoms with van der Waals surface area (Å²) in [6.07, 6.45) is 1.61. The molecule has 0 aliphatic carbocycles. The number of rotatable bonds is 5. The topological polar surface area (TPSA) is 104 Å². The third kappa shape index (κ3) is 5.73. The number of pyridine rings is 1. The smallest absolute Gasteiger partial charge is 0.412 e. The number of amides is 2. The van der Waals surface area contributed by atoms with Gasteiger partial charge in [0.2, 0.25) is 11.8 Å². The average Bonchev–Trinajstić information content (AvgIpc) is 2.96. The van der Waals surface area contributed by atoms with Gasteiger partial charge in [-0.2, -0.15) is 0 Å². The maximum absolute atomic E-state index is 12.8. The number of carbonyl (C=O) groups excluding carboxylic acids is 2. The van der Waals surface area contributed by atoms with Crippen molar-refractivity contribution in [2.45, 2.75) is 58.4 Å². The van der Waals surface area contributed by atoms with Gasteiger partial charge in [0.05, 0.1) is 18.2 Å². The van der Waals surface area contributed by atoms with Crippen LogP contribution in [0.25, 0.3) is 0 Å². The lowest BCUT2D eigenvalue weighted by Crippen LogP contribution is -2.50. The van der Waals surface area contributed by atoms with Gasteiger partial charge in [-0.25, -0.2) is 9.78 Å². The average molecular weight is 428 g/mol. The van der Waals surface area contributed by atoms with Gasteiger partial charge in [0.25, 0.3) is 0 Å². The van der Waals surface area contributed by atoms with Crippen LogP contribution < -0.4 is 10.5 Å². The second-order valence-electron chi connectivity index (χ2n) is 8.96. The summed E-state index contributed by atoms with van der Waals surface area (Å²) < 4.78 is 17.2. The molecule has 3 rings (SSSR count). The first kappa shape index (κ1) is 22.6. The first-order valence-corrected chi connectivity index (χ1v) is 10.1. The van der Waals surface area contributed by atoms with Crippen molar-refractivity contribution in [2.75, 3.05) is 6.61 Å². The Morgan fingerprint density at radius 1 is 1.19 bits per heavy atom. The Labute approximate surface area is 182 Å². The molecule has 0 radical (unpaired) electrons. The van der Waals surface area contributed by atoms with E-state index in [0.717, 1.165) is 5.56 Å². The second kappa shape index (κ2) is 8.55. The van der Waals surface area contributed by atoms with Crippen molar-refractivity contribution in [3.05, 3.63) is 53.7 Å². The van der Waals surface area contributed by atoms with Gasteiger partial charge in [-0.3, -0.25) is 9.69 Å². The minimum absolute atomic E-state index is 0.139. The summed E-state index contributed by atoms with van der Waals surface area (Å²) in [6.45, 7) is 9.70. The van der Waals surface area contributed by atoms with E-state index in [2.05, 4.69) is 4.98 Å². The maximum Gasteiger partial charge on any atom is 0.412 e. The molecule has 2 heterocycles. The van der Waals surface area contributed by atoms with Crippen molar-refractivity contribution >= 4 is 12.0 Å². The molecule has 1 aliphatic rings.